The Morgan fingerprint density at radius 2 is 1.74 bits per heavy atom. The number of hydrazine groups is 1. The molecule has 2 aromatic carbocycles. The summed E-state index contributed by atoms with van der Waals surface area (Å²) in [5.74, 6) is -0.403. The van der Waals surface area contributed by atoms with Gasteiger partial charge in [-0.1, -0.05) is 55.8 Å². The maximum absolute atomic E-state index is 13.2. The van der Waals surface area contributed by atoms with E-state index in [4.69, 9.17) is 0 Å². The van der Waals surface area contributed by atoms with Gasteiger partial charge in [-0.05, 0) is 29.7 Å². The van der Waals surface area contributed by atoms with Crippen molar-refractivity contribution in [3.63, 3.8) is 0 Å². The highest BCUT2D eigenvalue weighted by atomic mass is 16.2. The third kappa shape index (κ3) is 1.66. The van der Waals surface area contributed by atoms with E-state index in [-0.39, 0.29) is 17.7 Å². The normalized spacial score (nSPS) is 25.3. The van der Waals surface area contributed by atoms with Crippen molar-refractivity contribution in [3.05, 3.63) is 65.7 Å². The number of nitrogens with zero attached hydrogens (tertiary/aromatic N) is 1. The van der Waals surface area contributed by atoms with E-state index in [2.05, 4.69) is 12.3 Å². The maximum Gasteiger partial charge on any atom is 0.266 e. The van der Waals surface area contributed by atoms with Crippen molar-refractivity contribution < 1.29 is 9.59 Å². The zero-order chi connectivity index (χ0) is 16.0. The van der Waals surface area contributed by atoms with Crippen LogP contribution in [-0.2, 0) is 15.0 Å². The second kappa shape index (κ2) is 4.95. The molecule has 2 amide bonds. The summed E-state index contributed by atoms with van der Waals surface area (Å²) >= 11 is 0. The lowest BCUT2D eigenvalue weighted by Crippen LogP contribution is -2.54. The Morgan fingerprint density at radius 1 is 1.04 bits per heavy atom. The van der Waals surface area contributed by atoms with Gasteiger partial charge >= 0.3 is 0 Å². The van der Waals surface area contributed by atoms with E-state index >= 15 is 0 Å². The Balaban J connectivity index is 1.82. The van der Waals surface area contributed by atoms with Crippen LogP contribution in [-0.4, -0.2) is 11.8 Å². The molecule has 1 aliphatic carbocycles. The highest BCUT2D eigenvalue weighted by molar-refractivity contribution is 6.25. The van der Waals surface area contributed by atoms with E-state index in [0.29, 0.717) is 5.69 Å². The van der Waals surface area contributed by atoms with Crippen LogP contribution in [0.1, 0.15) is 36.8 Å². The molecule has 1 spiro atoms. The van der Waals surface area contributed by atoms with Gasteiger partial charge in [-0.3, -0.25) is 15.0 Å². The van der Waals surface area contributed by atoms with Crippen molar-refractivity contribution in [3.8, 4) is 0 Å². The summed E-state index contributed by atoms with van der Waals surface area (Å²) < 4.78 is 0. The smallest absolute Gasteiger partial charge is 0.266 e. The van der Waals surface area contributed by atoms with Gasteiger partial charge in [0.1, 0.15) is 0 Å². The first-order valence-corrected chi connectivity index (χ1v) is 8.01. The van der Waals surface area contributed by atoms with Crippen LogP contribution in [0.25, 0.3) is 0 Å². The van der Waals surface area contributed by atoms with Gasteiger partial charge in [0.15, 0.2) is 5.41 Å². The molecule has 2 aromatic rings. The summed E-state index contributed by atoms with van der Waals surface area (Å²) in [6.45, 7) is 2.08. The van der Waals surface area contributed by atoms with Crippen molar-refractivity contribution in [2.75, 3.05) is 5.01 Å². The maximum atomic E-state index is 13.2. The van der Waals surface area contributed by atoms with Crippen LogP contribution >= 0.6 is 0 Å². The van der Waals surface area contributed by atoms with Crippen LogP contribution in [0.15, 0.2) is 54.6 Å². The molecule has 1 heterocycles. The third-order valence-electron chi connectivity index (χ3n) is 4.99. The van der Waals surface area contributed by atoms with Crippen molar-refractivity contribution in [2.24, 2.45) is 0 Å². The van der Waals surface area contributed by atoms with Gasteiger partial charge in [0.05, 0.1) is 5.69 Å². The van der Waals surface area contributed by atoms with Crippen LogP contribution in [0.4, 0.5) is 5.69 Å². The Hall–Kier alpha value is -2.62. The summed E-state index contributed by atoms with van der Waals surface area (Å²) in [6.07, 6.45) is 1.77. The van der Waals surface area contributed by atoms with Crippen molar-refractivity contribution in [1.82, 2.24) is 5.43 Å². The molecular formula is C19H18N2O2. The Morgan fingerprint density at radius 3 is 2.48 bits per heavy atom. The topological polar surface area (TPSA) is 49.4 Å². The van der Waals surface area contributed by atoms with Gasteiger partial charge in [-0.2, -0.15) is 0 Å². The fraction of sp³-hybridized carbons (Fsp3) is 0.263. The first-order valence-electron chi connectivity index (χ1n) is 8.01. The minimum atomic E-state index is -1.05. The van der Waals surface area contributed by atoms with Gasteiger partial charge in [0.2, 0.25) is 0 Å². The summed E-state index contributed by atoms with van der Waals surface area (Å²) in [7, 11) is 0. The zero-order valence-corrected chi connectivity index (χ0v) is 13.0. The molecule has 0 saturated carbocycles. The molecular weight excluding hydrogens is 288 g/mol. The lowest BCUT2D eigenvalue weighted by Gasteiger charge is -2.44. The largest absolute Gasteiger partial charge is 0.272 e. The minimum Gasteiger partial charge on any atom is -0.272 e. The number of anilines is 1. The van der Waals surface area contributed by atoms with Crippen molar-refractivity contribution >= 4 is 17.5 Å². The molecule has 1 N–H and O–H groups in total. The molecule has 116 valence electrons. The third-order valence-corrected chi connectivity index (χ3v) is 4.99. The Bertz CT molecular complexity index is 787. The molecule has 1 fully saturated rings. The van der Waals surface area contributed by atoms with Crippen molar-refractivity contribution in [1.29, 1.82) is 0 Å². The highest BCUT2D eigenvalue weighted by Gasteiger charge is 2.66. The molecule has 2 unspecified atom stereocenters. The molecule has 1 aliphatic heterocycles. The van der Waals surface area contributed by atoms with Gasteiger partial charge in [0.25, 0.3) is 11.8 Å². The monoisotopic (exact) mass is 306 g/mol. The average Bonchev–Trinajstić information content (AvgIpc) is 2.86. The van der Waals surface area contributed by atoms with E-state index in [9.17, 15) is 9.59 Å². The number of carbonyl (C=O) groups is 2. The number of carbonyl (C=O) groups excluding carboxylic acids is 2. The van der Waals surface area contributed by atoms with Gasteiger partial charge in [-0.25, -0.2) is 5.01 Å². The van der Waals surface area contributed by atoms with Gasteiger partial charge in [-0.15, -0.1) is 0 Å². The van der Waals surface area contributed by atoms with E-state index in [1.165, 1.54) is 5.01 Å². The van der Waals surface area contributed by atoms with Gasteiger partial charge in [0, 0.05) is 5.92 Å². The quantitative estimate of drug-likeness (QED) is 0.886. The van der Waals surface area contributed by atoms with E-state index < -0.39 is 5.41 Å². The predicted octanol–water partition coefficient (Wildman–Crippen LogP) is 2.90. The molecule has 4 heteroatoms. The first kappa shape index (κ1) is 14.0. The number of para-hydroxylation sites is 1. The number of amides is 2. The molecule has 23 heavy (non-hydrogen) atoms. The summed E-state index contributed by atoms with van der Waals surface area (Å²) in [5, 5.41) is 1.40. The molecule has 2 aliphatic rings. The lowest BCUT2D eigenvalue weighted by molar-refractivity contribution is -0.132. The second-order valence-electron chi connectivity index (χ2n) is 6.15. The molecule has 4 rings (SSSR count). The van der Waals surface area contributed by atoms with E-state index in [1.807, 2.05) is 54.6 Å². The number of nitrogens with one attached hydrogen (secondary N) is 1. The predicted molar refractivity (Wildman–Crippen MR) is 87.8 cm³/mol. The fourth-order valence-electron chi connectivity index (χ4n) is 3.98. The summed E-state index contributed by atoms with van der Waals surface area (Å²) in [4.78, 5) is 26.1. The lowest BCUT2D eigenvalue weighted by atomic mass is 9.54. The van der Waals surface area contributed by atoms with Crippen LogP contribution in [0.5, 0.6) is 0 Å². The molecule has 0 radical (unpaired) electrons. The standard InChI is InChI=1S/C19H18N2O2/c1-2-8-15-14-11-6-7-12-16(14)19(15)17(22)20-21(18(19)23)13-9-4-3-5-10-13/h3-7,9-12,15H,2,8H2,1H3,(H,20,22). The van der Waals surface area contributed by atoms with Crippen LogP contribution in [0.2, 0.25) is 0 Å². The summed E-state index contributed by atoms with van der Waals surface area (Å²) in [5.41, 5.74) is 4.42. The Labute approximate surface area is 135 Å². The highest BCUT2D eigenvalue weighted by Crippen LogP contribution is 2.56. The SMILES string of the molecule is CCCC1c2ccccc2C12C(=O)NN(c1ccccc1)C2=O. The summed E-state index contributed by atoms with van der Waals surface area (Å²) in [6, 6.07) is 17.1. The van der Waals surface area contributed by atoms with Crippen molar-refractivity contribution in [2.45, 2.75) is 31.1 Å². The number of hydrogen-bond acceptors (Lipinski definition) is 2. The van der Waals surface area contributed by atoms with Gasteiger partial charge < -0.3 is 0 Å². The van der Waals surface area contributed by atoms with Crippen LogP contribution < -0.4 is 10.4 Å². The van der Waals surface area contributed by atoms with Crippen LogP contribution in [0, 0.1) is 0 Å². The molecule has 1 saturated heterocycles. The van der Waals surface area contributed by atoms with E-state index in [1.54, 1.807) is 0 Å². The first-order chi connectivity index (χ1) is 11.2. The number of benzene rings is 2. The number of rotatable bonds is 3. The molecule has 0 aromatic heterocycles. The Kier molecular flexibility index (Phi) is 3.01. The van der Waals surface area contributed by atoms with E-state index in [0.717, 1.165) is 24.0 Å². The molecule has 0 bridgehead atoms. The number of fused-ring (bicyclic) bond motifs is 2. The zero-order valence-electron chi connectivity index (χ0n) is 13.0. The number of hydrogen-bond donors (Lipinski definition) is 1. The van der Waals surface area contributed by atoms with Crippen LogP contribution in [0.3, 0.4) is 0 Å². The minimum absolute atomic E-state index is 0.0371. The molecule has 2 atom stereocenters. The average molecular weight is 306 g/mol. The molecule has 4 nitrogen and oxygen atoms in total. The second-order valence-corrected chi connectivity index (χ2v) is 6.15. The fourth-order valence-corrected chi connectivity index (χ4v) is 3.98.